The van der Waals surface area contributed by atoms with Crippen LogP contribution in [0.5, 0.6) is 5.75 Å². The van der Waals surface area contributed by atoms with E-state index in [-0.39, 0.29) is 18.3 Å². The lowest BCUT2D eigenvalue weighted by molar-refractivity contribution is -0.117. The van der Waals surface area contributed by atoms with Gasteiger partial charge >= 0.3 is 0 Å². The van der Waals surface area contributed by atoms with Gasteiger partial charge in [-0.05, 0) is 30.2 Å². The molecule has 100 valence electrons. The molecule has 0 fully saturated rings. The third-order valence-electron chi connectivity index (χ3n) is 2.89. The van der Waals surface area contributed by atoms with Crippen LogP contribution in [-0.4, -0.2) is 18.6 Å². The zero-order chi connectivity index (χ0) is 12.3. The smallest absolute Gasteiger partial charge is 0.241 e. The molecule has 18 heavy (non-hydrogen) atoms. The Kier molecular flexibility index (Phi) is 5.44. The molecule has 1 atom stereocenters. The van der Waals surface area contributed by atoms with Crippen LogP contribution >= 0.6 is 12.4 Å². The number of anilines is 1. The summed E-state index contributed by atoms with van der Waals surface area (Å²) < 4.78 is 5.41. The van der Waals surface area contributed by atoms with Crippen LogP contribution in [0.4, 0.5) is 5.69 Å². The van der Waals surface area contributed by atoms with Crippen molar-refractivity contribution in [1.82, 2.24) is 0 Å². The lowest BCUT2D eigenvalue weighted by Gasteiger charge is -2.11. The zero-order valence-electron chi connectivity index (χ0n) is 10.4. The number of halogens is 1. The number of nitrogens with two attached hydrogens (primary N) is 1. The van der Waals surface area contributed by atoms with Crippen LogP contribution in [0.2, 0.25) is 0 Å². The third-order valence-corrected chi connectivity index (χ3v) is 2.89. The van der Waals surface area contributed by atoms with E-state index >= 15 is 0 Å². The SMILES string of the molecule is CCCC(N)C(=O)Nc1ccc2c(c1)CCO2.Cl. The van der Waals surface area contributed by atoms with Crippen molar-refractivity contribution in [2.24, 2.45) is 5.73 Å². The lowest BCUT2D eigenvalue weighted by Crippen LogP contribution is -2.35. The molecular formula is C13H19ClN2O2. The summed E-state index contributed by atoms with van der Waals surface area (Å²) in [4.78, 5) is 11.7. The minimum atomic E-state index is -0.426. The average molecular weight is 271 g/mol. The van der Waals surface area contributed by atoms with Crippen LogP contribution in [0.3, 0.4) is 0 Å². The van der Waals surface area contributed by atoms with Crippen LogP contribution in [-0.2, 0) is 11.2 Å². The number of carbonyl (C=O) groups excluding carboxylic acids is 1. The normalized spacial score (nSPS) is 14.1. The molecule has 0 saturated carbocycles. The summed E-state index contributed by atoms with van der Waals surface area (Å²) in [7, 11) is 0. The topological polar surface area (TPSA) is 64.4 Å². The van der Waals surface area contributed by atoms with Crippen LogP contribution in [0.15, 0.2) is 18.2 Å². The number of nitrogens with one attached hydrogen (secondary N) is 1. The fourth-order valence-electron chi connectivity index (χ4n) is 1.94. The number of ether oxygens (including phenoxy) is 1. The molecule has 1 aliphatic heterocycles. The first kappa shape index (κ1) is 14.8. The molecule has 1 aromatic rings. The van der Waals surface area contributed by atoms with Crippen molar-refractivity contribution in [3.63, 3.8) is 0 Å². The molecule has 1 unspecified atom stereocenters. The number of benzene rings is 1. The molecular weight excluding hydrogens is 252 g/mol. The highest BCUT2D eigenvalue weighted by Crippen LogP contribution is 2.27. The predicted octanol–water partition coefficient (Wildman–Crippen LogP) is 2.11. The molecule has 1 aliphatic rings. The summed E-state index contributed by atoms with van der Waals surface area (Å²) in [5, 5.41) is 2.84. The molecule has 0 aliphatic carbocycles. The van der Waals surface area contributed by atoms with Crippen molar-refractivity contribution in [2.75, 3.05) is 11.9 Å². The number of hydrogen-bond acceptors (Lipinski definition) is 3. The van der Waals surface area contributed by atoms with Gasteiger partial charge in [0.25, 0.3) is 0 Å². The van der Waals surface area contributed by atoms with Crippen molar-refractivity contribution in [2.45, 2.75) is 32.2 Å². The largest absolute Gasteiger partial charge is 0.493 e. The molecule has 4 nitrogen and oxygen atoms in total. The zero-order valence-corrected chi connectivity index (χ0v) is 11.3. The van der Waals surface area contributed by atoms with Gasteiger partial charge in [0, 0.05) is 12.1 Å². The molecule has 5 heteroatoms. The maximum atomic E-state index is 11.7. The Bertz CT molecular complexity index is 423. The van der Waals surface area contributed by atoms with E-state index in [9.17, 15) is 4.79 Å². The number of amides is 1. The van der Waals surface area contributed by atoms with Gasteiger partial charge in [0.05, 0.1) is 12.6 Å². The van der Waals surface area contributed by atoms with Gasteiger partial charge in [0.2, 0.25) is 5.91 Å². The summed E-state index contributed by atoms with van der Waals surface area (Å²) >= 11 is 0. The Morgan fingerprint density at radius 2 is 2.33 bits per heavy atom. The molecule has 1 heterocycles. The highest BCUT2D eigenvalue weighted by molar-refractivity contribution is 5.94. The number of rotatable bonds is 4. The second kappa shape index (κ2) is 6.61. The van der Waals surface area contributed by atoms with Crippen LogP contribution in [0, 0.1) is 0 Å². The van der Waals surface area contributed by atoms with E-state index in [1.165, 1.54) is 0 Å². The number of carbonyl (C=O) groups is 1. The summed E-state index contributed by atoms with van der Waals surface area (Å²) in [6.07, 6.45) is 2.52. The molecule has 0 aromatic heterocycles. The Balaban J connectivity index is 0.00000162. The van der Waals surface area contributed by atoms with E-state index in [0.29, 0.717) is 6.42 Å². The first-order valence-electron chi connectivity index (χ1n) is 6.03. The van der Waals surface area contributed by atoms with Gasteiger partial charge in [-0.15, -0.1) is 12.4 Å². The fourth-order valence-corrected chi connectivity index (χ4v) is 1.94. The Morgan fingerprint density at radius 3 is 3.06 bits per heavy atom. The molecule has 3 N–H and O–H groups in total. The molecule has 0 spiro atoms. The Morgan fingerprint density at radius 1 is 1.56 bits per heavy atom. The third kappa shape index (κ3) is 3.37. The first-order chi connectivity index (χ1) is 8.20. The van der Waals surface area contributed by atoms with E-state index in [2.05, 4.69) is 5.32 Å². The summed E-state index contributed by atoms with van der Waals surface area (Å²) in [6.45, 7) is 2.74. The highest BCUT2D eigenvalue weighted by atomic mass is 35.5. The standard InChI is InChI=1S/C13H18N2O2.ClH/c1-2-3-11(14)13(16)15-10-4-5-12-9(8-10)6-7-17-12;/h4-5,8,11H,2-3,6-7,14H2,1H3,(H,15,16);1H. The van der Waals surface area contributed by atoms with E-state index < -0.39 is 6.04 Å². The van der Waals surface area contributed by atoms with Crippen LogP contribution in [0.25, 0.3) is 0 Å². The summed E-state index contributed by atoms with van der Waals surface area (Å²) in [5.74, 6) is 0.798. The van der Waals surface area contributed by atoms with Gasteiger partial charge in [-0.2, -0.15) is 0 Å². The van der Waals surface area contributed by atoms with Gasteiger partial charge in [-0.25, -0.2) is 0 Å². The summed E-state index contributed by atoms with van der Waals surface area (Å²) in [5.41, 5.74) is 7.69. The van der Waals surface area contributed by atoms with Gasteiger partial charge in [-0.1, -0.05) is 13.3 Å². The monoisotopic (exact) mass is 270 g/mol. The summed E-state index contributed by atoms with van der Waals surface area (Å²) in [6, 6.07) is 5.27. The van der Waals surface area contributed by atoms with Crippen molar-refractivity contribution < 1.29 is 9.53 Å². The van der Waals surface area contributed by atoms with E-state index in [0.717, 1.165) is 36.4 Å². The Hall–Kier alpha value is -1.26. The average Bonchev–Trinajstić information content (AvgIpc) is 2.76. The minimum absolute atomic E-state index is 0. The molecule has 2 rings (SSSR count). The van der Waals surface area contributed by atoms with E-state index in [1.807, 2.05) is 25.1 Å². The second-order valence-electron chi connectivity index (χ2n) is 4.31. The van der Waals surface area contributed by atoms with Gasteiger partial charge in [-0.3, -0.25) is 4.79 Å². The van der Waals surface area contributed by atoms with E-state index in [4.69, 9.17) is 10.5 Å². The fraction of sp³-hybridized carbons (Fsp3) is 0.462. The van der Waals surface area contributed by atoms with Gasteiger partial charge < -0.3 is 15.8 Å². The van der Waals surface area contributed by atoms with Crippen molar-refractivity contribution in [1.29, 1.82) is 0 Å². The molecule has 0 bridgehead atoms. The Labute approximate surface area is 113 Å². The van der Waals surface area contributed by atoms with Crippen molar-refractivity contribution >= 4 is 24.0 Å². The number of hydrogen-bond donors (Lipinski definition) is 2. The van der Waals surface area contributed by atoms with Gasteiger partial charge in [0.15, 0.2) is 0 Å². The van der Waals surface area contributed by atoms with Gasteiger partial charge in [0.1, 0.15) is 5.75 Å². The molecule has 0 radical (unpaired) electrons. The predicted molar refractivity (Wildman–Crippen MR) is 74.4 cm³/mol. The van der Waals surface area contributed by atoms with E-state index in [1.54, 1.807) is 0 Å². The first-order valence-corrected chi connectivity index (χ1v) is 6.03. The lowest BCUT2D eigenvalue weighted by atomic mass is 10.1. The maximum Gasteiger partial charge on any atom is 0.241 e. The van der Waals surface area contributed by atoms with Crippen LogP contribution in [0.1, 0.15) is 25.3 Å². The van der Waals surface area contributed by atoms with Crippen molar-refractivity contribution in [3.8, 4) is 5.75 Å². The molecule has 1 aromatic carbocycles. The van der Waals surface area contributed by atoms with Crippen molar-refractivity contribution in [3.05, 3.63) is 23.8 Å². The number of fused-ring (bicyclic) bond motifs is 1. The van der Waals surface area contributed by atoms with Crippen LogP contribution < -0.4 is 15.8 Å². The maximum absolute atomic E-state index is 11.7. The second-order valence-corrected chi connectivity index (χ2v) is 4.31. The quantitative estimate of drug-likeness (QED) is 0.881. The molecule has 0 saturated heterocycles. The highest BCUT2D eigenvalue weighted by Gasteiger charge is 2.15. The molecule has 1 amide bonds. The minimum Gasteiger partial charge on any atom is -0.493 e.